The number of ether oxygens (including phenoxy) is 2. The van der Waals surface area contributed by atoms with Crippen LogP contribution in [0.5, 0.6) is 11.5 Å². The Kier molecular flexibility index (Phi) is 6.27. The van der Waals surface area contributed by atoms with Crippen LogP contribution in [0, 0.1) is 0 Å². The first-order valence-electron chi connectivity index (χ1n) is 10.1. The van der Waals surface area contributed by atoms with Crippen molar-refractivity contribution < 1.29 is 37.3 Å². The molecule has 4 rings (SSSR count). The molecule has 0 aliphatic rings. The average Bonchev–Trinajstić information content (AvgIpc) is 3.25. The summed E-state index contributed by atoms with van der Waals surface area (Å²) >= 11 is 0. The molecular formula is C25H18F3NO5. The molecule has 6 nitrogen and oxygen atoms in total. The number of ketones is 1. The number of aromatic nitrogens is 1. The standard InChI is InChI=1S/C25H18F3NO5/c26-25(27,28)23(30)19-7-3-4-8-22(19)34-14-16-6-2-1-5-15(16)13-33-18-9-10-20-17(11-18)12-21(29-20)24(31)32/h1-12,29H,13-14H2,(H,31,32). The maximum absolute atomic E-state index is 12.9. The molecule has 0 spiro atoms. The first kappa shape index (κ1) is 22.9. The summed E-state index contributed by atoms with van der Waals surface area (Å²) in [6.07, 6.45) is -5.00. The fraction of sp³-hybridized carbons (Fsp3) is 0.120. The highest BCUT2D eigenvalue weighted by Gasteiger charge is 2.40. The Balaban J connectivity index is 1.48. The van der Waals surface area contributed by atoms with Gasteiger partial charge in [0.1, 0.15) is 30.4 Å². The van der Waals surface area contributed by atoms with Gasteiger partial charge < -0.3 is 19.6 Å². The van der Waals surface area contributed by atoms with E-state index in [1.165, 1.54) is 24.3 Å². The van der Waals surface area contributed by atoms with Gasteiger partial charge in [-0.1, -0.05) is 36.4 Å². The molecule has 0 amide bonds. The van der Waals surface area contributed by atoms with Gasteiger partial charge in [-0.3, -0.25) is 4.79 Å². The molecular weight excluding hydrogens is 451 g/mol. The zero-order valence-electron chi connectivity index (χ0n) is 17.6. The van der Waals surface area contributed by atoms with Gasteiger partial charge in [-0.05, 0) is 47.5 Å². The van der Waals surface area contributed by atoms with E-state index in [9.17, 15) is 22.8 Å². The first-order valence-corrected chi connectivity index (χ1v) is 10.1. The number of hydrogen-bond acceptors (Lipinski definition) is 4. The number of para-hydroxylation sites is 1. The Labute approximate surface area is 191 Å². The van der Waals surface area contributed by atoms with Crippen molar-refractivity contribution in [1.29, 1.82) is 0 Å². The number of hydrogen-bond donors (Lipinski definition) is 2. The average molecular weight is 469 g/mol. The fourth-order valence-corrected chi connectivity index (χ4v) is 3.40. The molecule has 0 aliphatic heterocycles. The number of fused-ring (bicyclic) bond motifs is 1. The number of aromatic amines is 1. The smallest absolute Gasteiger partial charge is 0.455 e. The fourth-order valence-electron chi connectivity index (χ4n) is 3.40. The molecule has 0 aliphatic carbocycles. The number of aromatic carboxylic acids is 1. The topological polar surface area (TPSA) is 88.6 Å². The Morgan fingerprint density at radius 1 is 0.853 bits per heavy atom. The maximum Gasteiger partial charge on any atom is 0.455 e. The van der Waals surface area contributed by atoms with Crippen molar-refractivity contribution in [3.05, 3.63) is 95.2 Å². The minimum Gasteiger partial charge on any atom is -0.489 e. The molecule has 1 heterocycles. The number of Topliss-reactive ketones (excluding diaryl/α,β-unsaturated/α-hetero) is 1. The molecule has 4 aromatic rings. The van der Waals surface area contributed by atoms with Crippen LogP contribution in [0.2, 0.25) is 0 Å². The second-order valence-corrected chi connectivity index (χ2v) is 7.41. The maximum atomic E-state index is 12.9. The van der Waals surface area contributed by atoms with Gasteiger partial charge in [-0.25, -0.2) is 4.79 Å². The van der Waals surface area contributed by atoms with Crippen LogP contribution in [-0.2, 0) is 13.2 Å². The van der Waals surface area contributed by atoms with E-state index in [2.05, 4.69) is 4.98 Å². The quantitative estimate of drug-likeness (QED) is 0.320. The summed E-state index contributed by atoms with van der Waals surface area (Å²) in [4.78, 5) is 25.6. The molecule has 1 aromatic heterocycles. The number of nitrogens with one attached hydrogen (secondary N) is 1. The van der Waals surface area contributed by atoms with Crippen LogP contribution in [0.25, 0.3) is 10.9 Å². The molecule has 9 heteroatoms. The lowest BCUT2D eigenvalue weighted by atomic mass is 10.1. The highest BCUT2D eigenvalue weighted by atomic mass is 19.4. The van der Waals surface area contributed by atoms with Gasteiger partial charge in [0.25, 0.3) is 5.78 Å². The summed E-state index contributed by atoms with van der Waals surface area (Å²) in [5.41, 5.74) is 1.59. The number of carbonyl (C=O) groups excluding carboxylic acids is 1. The van der Waals surface area contributed by atoms with Crippen molar-refractivity contribution in [2.45, 2.75) is 19.4 Å². The van der Waals surface area contributed by atoms with Crippen LogP contribution in [0.3, 0.4) is 0 Å². The third kappa shape index (κ3) is 5.03. The van der Waals surface area contributed by atoms with Crippen LogP contribution in [0.1, 0.15) is 32.0 Å². The SMILES string of the molecule is O=C(O)c1cc2cc(OCc3ccccc3COc3ccccc3C(=O)C(F)(F)F)ccc2[nH]1. The molecule has 3 aromatic carbocycles. The predicted octanol–water partition coefficient (Wildman–Crippen LogP) is 5.77. The van der Waals surface area contributed by atoms with E-state index in [-0.39, 0.29) is 24.7 Å². The lowest BCUT2D eigenvalue weighted by Crippen LogP contribution is -2.23. The number of benzene rings is 3. The molecule has 0 fully saturated rings. The summed E-state index contributed by atoms with van der Waals surface area (Å²) in [6.45, 7) is 0.0743. The lowest BCUT2D eigenvalue weighted by Gasteiger charge is -2.15. The number of carboxylic acid groups (broad SMARTS) is 1. The number of halogens is 3. The van der Waals surface area contributed by atoms with Crippen molar-refractivity contribution in [2.75, 3.05) is 0 Å². The van der Waals surface area contributed by atoms with Crippen LogP contribution >= 0.6 is 0 Å². The van der Waals surface area contributed by atoms with Crippen LogP contribution < -0.4 is 9.47 Å². The van der Waals surface area contributed by atoms with Gasteiger partial charge in [0.05, 0.1) is 5.56 Å². The molecule has 0 unspecified atom stereocenters. The Bertz CT molecular complexity index is 1360. The van der Waals surface area contributed by atoms with Gasteiger partial charge >= 0.3 is 12.1 Å². The number of H-pyrrole nitrogens is 1. The third-order valence-corrected chi connectivity index (χ3v) is 5.11. The van der Waals surface area contributed by atoms with E-state index < -0.39 is 23.5 Å². The Morgan fingerprint density at radius 2 is 1.50 bits per heavy atom. The summed E-state index contributed by atoms with van der Waals surface area (Å²) in [5.74, 6) is -2.68. The summed E-state index contributed by atoms with van der Waals surface area (Å²) in [5, 5.41) is 9.79. The largest absolute Gasteiger partial charge is 0.489 e. The molecule has 2 N–H and O–H groups in total. The summed E-state index contributed by atoms with van der Waals surface area (Å²) in [7, 11) is 0. The number of rotatable bonds is 8. The lowest BCUT2D eigenvalue weighted by molar-refractivity contribution is -0.0886. The zero-order chi connectivity index (χ0) is 24.3. The molecule has 34 heavy (non-hydrogen) atoms. The monoisotopic (exact) mass is 469 g/mol. The molecule has 0 radical (unpaired) electrons. The molecule has 0 saturated carbocycles. The molecule has 0 bridgehead atoms. The number of carboxylic acids is 1. The molecule has 0 saturated heterocycles. The van der Waals surface area contributed by atoms with Crippen LogP contribution in [-0.4, -0.2) is 28.0 Å². The van der Waals surface area contributed by atoms with E-state index in [1.54, 1.807) is 42.5 Å². The van der Waals surface area contributed by atoms with Crippen molar-refractivity contribution in [2.24, 2.45) is 0 Å². The first-order chi connectivity index (χ1) is 16.2. The van der Waals surface area contributed by atoms with E-state index >= 15 is 0 Å². The van der Waals surface area contributed by atoms with Gasteiger partial charge in [0, 0.05) is 10.9 Å². The second-order valence-electron chi connectivity index (χ2n) is 7.41. The van der Waals surface area contributed by atoms with Crippen molar-refractivity contribution in [3.63, 3.8) is 0 Å². The van der Waals surface area contributed by atoms with E-state index in [1.807, 2.05) is 0 Å². The normalized spacial score (nSPS) is 11.4. The molecule has 0 atom stereocenters. The van der Waals surface area contributed by atoms with E-state index in [0.29, 0.717) is 22.2 Å². The zero-order valence-corrected chi connectivity index (χ0v) is 17.6. The van der Waals surface area contributed by atoms with E-state index in [4.69, 9.17) is 14.6 Å². The van der Waals surface area contributed by atoms with Crippen LogP contribution in [0.4, 0.5) is 13.2 Å². The number of alkyl halides is 3. The highest BCUT2D eigenvalue weighted by Crippen LogP contribution is 2.29. The molecule has 174 valence electrons. The second kappa shape index (κ2) is 9.30. The van der Waals surface area contributed by atoms with E-state index in [0.717, 1.165) is 11.6 Å². The van der Waals surface area contributed by atoms with Crippen molar-refractivity contribution in [1.82, 2.24) is 4.98 Å². The van der Waals surface area contributed by atoms with Crippen LogP contribution in [0.15, 0.2) is 72.8 Å². The number of carbonyl (C=O) groups is 2. The minimum absolute atomic E-state index is 0.0685. The highest BCUT2D eigenvalue weighted by molar-refractivity contribution is 6.02. The minimum atomic E-state index is -5.00. The predicted molar refractivity (Wildman–Crippen MR) is 117 cm³/mol. The van der Waals surface area contributed by atoms with Gasteiger partial charge in [0.15, 0.2) is 0 Å². The van der Waals surface area contributed by atoms with Crippen molar-refractivity contribution in [3.8, 4) is 11.5 Å². The Morgan fingerprint density at radius 3 is 2.18 bits per heavy atom. The summed E-state index contributed by atoms with van der Waals surface area (Å²) < 4.78 is 50.1. The Hall–Kier alpha value is -4.27. The summed E-state index contributed by atoms with van der Waals surface area (Å²) in [6, 6.07) is 18.9. The van der Waals surface area contributed by atoms with Gasteiger partial charge in [-0.15, -0.1) is 0 Å². The van der Waals surface area contributed by atoms with Crippen molar-refractivity contribution >= 4 is 22.7 Å². The van der Waals surface area contributed by atoms with Gasteiger partial charge in [0.2, 0.25) is 0 Å². The van der Waals surface area contributed by atoms with Gasteiger partial charge in [-0.2, -0.15) is 13.2 Å². The third-order valence-electron chi connectivity index (χ3n) is 5.11.